The van der Waals surface area contributed by atoms with E-state index in [1.165, 1.54) is 30.8 Å². The second-order valence-electron chi connectivity index (χ2n) is 8.59. The Bertz CT molecular complexity index is 1440. The van der Waals surface area contributed by atoms with Crippen LogP contribution in [0.4, 0.5) is 10.2 Å². The van der Waals surface area contributed by atoms with Crippen LogP contribution < -0.4 is 4.74 Å². The van der Waals surface area contributed by atoms with Crippen LogP contribution in [0.5, 0.6) is 5.75 Å². The van der Waals surface area contributed by atoms with E-state index >= 15 is 0 Å². The van der Waals surface area contributed by atoms with Gasteiger partial charge in [-0.25, -0.2) is 9.37 Å². The average molecular weight is 620 g/mol. The first kappa shape index (κ1) is 24.6. The number of imidazole rings is 1. The van der Waals surface area contributed by atoms with E-state index in [4.69, 9.17) is 4.74 Å². The second kappa shape index (κ2) is 10.1. The lowest BCUT2D eigenvalue weighted by Gasteiger charge is -2.26. The zero-order chi connectivity index (χ0) is 25.4. The number of nitro groups is 1. The number of hydrogen-bond donors (Lipinski definition) is 0. The van der Waals surface area contributed by atoms with Crippen molar-refractivity contribution in [2.75, 3.05) is 0 Å². The van der Waals surface area contributed by atoms with Crippen LogP contribution in [0, 0.1) is 15.9 Å². The fourth-order valence-electron chi connectivity index (χ4n) is 4.20. The van der Waals surface area contributed by atoms with E-state index in [2.05, 4.69) is 46.9 Å². The molecule has 186 valence electrons. The monoisotopic (exact) mass is 618 g/mol. The highest BCUT2D eigenvalue weighted by atomic mass is 79.9. The molecule has 1 aliphatic carbocycles. The summed E-state index contributed by atoms with van der Waals surface area (Å²) in [6, 6.07) is 6.26. The maximum Gasteiger partial charge on any atom is 0.406 e. The maximum absolute atomic E-state index is 14.3. The van der Waals surface area contributed by atoms with E-state index in [1.807, 2.05) is 21.6 Å². The predicted molar refractivity (Wildman–Crippen MR) is 137 cm³/mol. The van der Waals surface area contributed by atoms with Crippen molar-refractivity contribution in [1.29, 1.82) is 0 Å². The predicted octanol–water partition coefficient (Wildman–Crippen LogP) is 6.63. The van der Waals surface area contributed by atoms with Crippen LogP contribution in [-0.4, -0.2) is 29.2 Å². The second-order valence-corrected chi connectivity index (χ2v) is 10.3. The van der Waals surface area contributed by atoms with E-state index in [-0.39, 0.29) is 5.75 Å². The van der Waals surface area contributed by atoms with Gasteiger partial charge in [-0.15, -0.1) is 0 Å². The molecule has 1 fully saturated rings. The summed E-state index contributed by atoms with van der Waals surface area (Å²) in [5.41, 5.74) is 2.16. The number of pyridine rings is 1. The van der Waals surface area contributed by atoms with Gasteiger partial charge in [0.2, 0.25) is 5.75 Å². The molecule has 3 aromatic heterocycles. The fourth-order valence-corrected chi connectivity index (χ4v) is 5.12. The first-order chi connectivity index (χ1) is 17.3. The van der Waals surface area contributed by atoms with Gasteiger partial charge in [-0.05, 0) is 86.2 Å². The van der Waals surface area contributed by atoms with Crippen molar-refractivity contribution >= 4 is 37.7 Å². The molecule has 0 radical (unpaired) electrons. The molecule has 0 amide bonds. The van der Waals surface area contributed by atoms with Crippen molar-refractivity contribution in [1.82, 2.24) is 24.3 Å². The molecule has 0 N–H and O–H groups in total. The molecule has 1 saturated carbocycles. The molecule has 12 heteroatoms. The number of halogens is 3. The van der Waals surface area contributed by atoms with Gasteiger partial charge in [-0.1, -0.05) is 0 Å². The van der Waals surface area contributed by atoms with Gasteiger partial charge < -0.3 is 19.4 Å². The van der Waals surface area contributed by atoms with Crippen LogP contribution in [0.15, 0.2) is 58.1 Å². The van der Waals surface area contributed by atoms with Crippen LogP contribution in [0.25, 0.3) is 11.4 Å². The molecule has 3 heterocycles. The van der Waals surface area contributed by atoms with Crippen molar-refractivity contribution in [3.8, 4) is 17.1 Å². The third kappa shape index (κ3) is 4.79. The number of benzene rings is 1. The van der Waals surface area contributed by atoms with Gasteiger partial charge in [0.25, 0.3) is 0 Å². The number of hydrogen-bond acceptors (Lipinski definition) is 6. The first-order valence-corrected chi connectivity index (χ1v) is 12.9. The van der Waals surface area contributed by atoms with Crippen LogP contribution in [0.3, 0.4) is 0 Å². The van der Waals surface area contributed by atoms with Crippen LogP contribution in [-0.2, 0) is 6.54 Å². The third-order valence-electron chi connectivity index (χ3n) is 6.25. The maximum atomic E-state index is 14.3. The van der Waals surface area contributed by atoms with E-state index in [1.54, 1.807) is 19.2 Å². The first-order valence-electron chi connectivity index (χ1n) is 11.3. The zero-order valence-electron chi connectivity index (χ0n) is 19.1. The lowest BCUT2D eigenvalue weighted by Crippen LogP contribution is -2.18. The summed E-state index contributed by atoms with van der Waals surface area (Å²) in [5, 5.41) is 16.0. The average Bonchev–Trinajstić information content (AvgIpc) is 3.40. The Morgan fingerprint density at radius 2 is 2.06 bits per heavy atom. The van der Waals surface area contributed by atoms with E-state index < -0.39 is 22.7 Å². The highest BCUT2D eigenvalue weighted by Gasteiger charge is 2.25. The molecule has 0 spiro atoms. The van der Waals surface area contributed by atoms with Crippen molar-refractivity contribution in [3.63, 3.8) is 0 Å². The largest absolute Gasteiger partial charge is 0.478 e. The molecule has 1 aromatic carbocycles. The molecule has 0 aliphatic heterocycles. The molecule has 0 bridgehead atoms. The van der Waals surface area contributed by atoms with E-state index in [0.717, 1.165) is 23.0 Å². The molecule has 0 saturated heterocycles. The number of nitrogens with zero attached hydrogens (tertiary/aromatic N) is 6. The van der Waals surface area contributed by atoms with Gasteiger partial charge in [0.1, 0.15) is 22.3 Å². The molecular weight excluding hydrogens is 599 g/mol. The van der Waals surface area contributed by atoms with Gasteiger partial charge in [0.15, 0.2) is 6.20 Å². The molecule has 1 unspecified atom stereocenters. The Kier molecular flexibility index (Phi) is 6.89. The zero-order valence-corrected chi connectivity index (χ0v) is 22.3. The van der Waals surface area contributed by atoms with Crippen molar-refractivity contribution in [2.45, 2.75) is 44.9 Å². The molecule has 36 heavy (non-hydrogen) atoms. The van der Waals surface area contributed by atoms with Crippen LogP contribution in [0.2, 0.25) is 0 Å². The van der Waals surface area contributed by atoms with E-state index in [9.17, 15) is 14.5 Å². The molecule has 1 atom stereocenters. The minimum absolute atomic E-state index is 0.0206. The van der Waals surface area contributed by atoms with Gasteiger partial charge >= 0.3 is 5.82 Å². The summed E-state index contributed by atoms with van der Waals surface area (Å²) in [6.45, 7) is 2.21. The minimum Gasteiger partial charge on any atom is -0.478 e. The highest BCUT2D eigenvalue weighted by molar-refractivity contribution is 9.10. The summed E-state index contributed by atoms with van der Waals surface area (Å²) < 4.78 is 25.7. The lowest BCUT2D eigenvalue weighted by molar-refractivity contribution is -0.390. The van der Waals surface area contributed by atoms with Gasteiger partial charge in [-0.3, -0.25) is 4.68 Å². The Balaban J connectivity index is 1.47. The smallest absolute Gasteiger partial charge is 0.406 e. The van der Waals surface area contributed by atoms with Crippen molar-refractivity contribution < 1.29 is 14.1 Å². The number of ether oxygens (including phenoxy) is 1. The standard InChI is InChI=1S/C24H21Br2FN6O3/c1-14(36-21-9-16(25)12-29-24(21)33(34)35)20-10-17(27)5-6-19(20)23-28-7-8-31(23)13-15-11-30-32(22(15)26)18-3-2-4-18/h5-12,14,18H,2-4,13H2,1H3. The molecular formula is C24H21Br2FN6O3. The summed E-state index contributed by atoms with van der Waals surface area (Å²) in [4.78, 5) is 19.2. The topological polar surface area (TPSA) is 101 Å². The van der Waals surface area contributed by atoms with E-state index in [0.29, 0.717) is 34.0 Å². The SMILES string of the molecule is CC(Oc1cc(Br)cnc1[N+](=O)[O-])c1cc(F)ccc1-c1nccn1Cc1cnn(C2CCC2)c1Br. The summed E-state index contributed by atoms with van der Waals surface area (Å²) in [7, 11) is 0. The van der Waals surface area contributed by atoms with Gasteiger partial charge in [-0.2, -0.15) is 5.10 Å². The van der Waals surface area contributed by atoms with Gasteiger partial charge in [0, 0.05) is 35.2 Å². The van der Waals surface area contributed by atoms with Crippen molar-refractivity contribution in [2.24, 2.45) is 0 Å². The minimum atomic E-state index is -0.733. The van der Waals surface area contributed by atoms with Gasteiger partial charge in [0.05, 0.1) is 23.3 Å². The lowest BCUT2D eigenvalue weighted by atomic mass is 9.93. The number of aromatic nitrogens is 5. The van der Waals surface area contributed by atoms with Crippen LogP contribution >= 0.6 is 31.9 Å². The molecule has 5 rings (SSSR count). The Labute approximate surface area is 222 Å². The Morgan fingerprint density at radius 3 is 2.78 bits per heavy atom. The Hall–Kier alpha value is -3.12. The summed E-state index contributed by atoms with van der Waals surface area (Å²) >= 11 is 6.96. The Morgan fingerprint density at radius 1 is 1.25 bits per heavy atom. The molecule has 4 aromatic rings. The summed E-state index contributed by atoms with van der Waals surface area (Å²) in [5.74, 6) is -0.273. The summed E-state index contributed by atoms with van der Waals surface area (Å²) in [6.07, 6.45) is 9.44. The quantitative estimate of drug-likeness (QED) is 0.162. The molecule has 9 nitrogen and oxygen atoms in total. The number of rotatable bonds is 8. The van der Waals surface area contributed by atoms with Crippen molar-refractivity contribution in [3.05, 3.63) is 85.2 Å². The molecule has 1 aliphatic rings. The highest BCUT2D eigenvalue weighted by Crippen LogP contribution is 2.37. The fraction of sp³-hybridized carbons (Fsp3) is 0.292. The van der Waals surface area contributed by atoms with Crippen LogP contribution in [0.1, 0.15) is 49.5 Å². The normalized spacial score (nSPS) is 14.4. The third-order valence-corrected chi connectivity index (χ3v) is 7.56.